The van der Waals surface area contributed by atoms with Crippen LogP contribution in [0.25, 0.3) is 0 Å². The molecule has 0 aromatic carbocycles. The van der Waals surface area contributed by atoms with E-state index in [2.05, 4.69) is 43.9 Å². The second-order valence-electron chi connectivity index (χ2n) is 3.46. The fourth-order valence-electron chi connectivity index (χ4n) is 1.64. The molecule has 1 unspecified atom stereocenters. The fraction of sp³-hybridized carbons (Fsp3) is 0.500. The zero-order valence-corrected chi connectivity index (χ0v) is 10.1. The molecule has 1 fully saturated rings. The Morgan fingerprint density at radius 3 is 3.29 bits per heavy atom. The van der Waals surface area contributed by atoms with Gasteiger partial charge in [0.15, 0.2) is 0 Å². The van der Waals surface area contributed by atoms with Gasteiger partial charge in [0.05, 0.1) is 11.9 Å². The summed E-state index contributed by atoms with van der Waals surface area (Å²) in [5.41, 5.74) is 1.23. The molecule has 1 atom stereocenters. The molecule has 3 nitrogen and oxygen atoms in total. The van der Waals surface area contributed by atoms with Crippen LogP contribution < -0.4 is 10.2 Å². The lowest BCUT2D eigenvalue weighted by Crippen LogP contribution is -2.30. The van der Waals surface area contributed by atoms with Gasteiger partial charge in [-0.15, -0.1) is 0 Å². The minimum Gasteiger partial charge on any atom is -0.368 e. The molecule has 1 N–H and O–H groups in total. The first-order valence-corrected chi connectivity index (χ1v) is 6.10. The molecule has 0 spiro atoms. The first-order chi connectivity index (χ1) is 6.86. The summed E-state index contributed by atoms with van der Waals surface area (Å²) in [7, 11) is 0. The van der Waals surface area contributed by atoms with Crippen LogP contribution in [0.3, 0.4) is 0 Å². The van der Waals surface area contributed by atoms with Crippen molar-refractivity contribution >= 4 is 28.3 Å². The number of anilines is 1. The molecule has 1 saturated heterocycles. The number of hydrogen-bond acceptors (Lipinski definition) is 3. The van der Waals surface area contributed by atoms with Gasteiger partial charge in [0.1, 0.15) is 0 Å². The average Bonchev–Trinajstić information content (AvgIpc) is 2.44. The standard InChI is InChI=1S/C10H14IN3/c11-9-6-13-4-5-14(8-9)10-2-1-3-12-7-10/h1-3,7,9,13H,4-6,8H2. The van der Waals surface area contributed by atoms with Gasteiger partial charge in [0, 0.05) is 36.3 Å². The van der Waals surface area contributed by atoms with Crippen molar-refractivity contribution in [2.75, 3.05) is 31.1 Å². The van der Waals surface area contributed by atoms with Crippen LogP contribution in [0.5, 0.6) is 0 Å². The Morgan fingerprint density at radius 1 is 1.57 bits per heavy atom. The van der Waals surface area contributed by atoms with Crippen LogP contribution >= 0.6 is 22.6 Å². The maximum Gasteiger partial charge on any atom is 0.0553 e. The molecule has 1 aromatic rings. The fourth-order valence-corrected chi connectivity index (χ4v) is 2.43. The van der Waals surface area contributed by atoms with Crippen LogP contribution in [-0.2, 0) is 0 Å². The molecule has 4 heteroatoms. The highest BCUT2D eigenvalue weighted by Gasteiger charge is 2.15. The summed E-state index contributed by atoms with van der Waals surface area (Å²) in [5.74, 6) is 0. The average molecular weight is 303 g/mol. The quantitative estimate of drug-likeness (QED) is 0.626. The van der Waals surface area contributed by atoms with E-state index in [1.54, 1.807) is 0 Å². The van der Waals surface area contributed by atoms with E-state index >= 15 is 0 Å². The number of alkyl halides is 1. The van der Waals surface area contributed by atoms with Crippen LogP contribution in [0, 0.1) is 0 Å². The lowest BCUT2D eigenvalue weighted by Gasteiger charge is -2.23. The van der Waals surface area contributed by atoms with Gasteiger partial charge in [-0.25, -0.2) is 0 Å². The van der Waals surface area contributed by atoms with Crippen LogP contribution in [0.2, 0.25) is 0 Å². The maximum absolute atomic E-state index is 4.15. The largest absolute Gasteiger partial charge is 0.368 e. The second kappa shape index (κ2) is 4.93. The highest BCUT2D eigenvalue weighted by atomic mass is 127. The molecule has 0 bridgehead atoms. The number of pyridine rings is 1. The van der Waals surface area contributed by atoms with Gasteiger partial charge in [-0.3, -0.25) is 4.98 Å². The van der Waals surface area contributed by atoms with E-state index in [9.17, 15) is 0 Å². The van der Waals surface area contributed by atoms with Crippen molar-refractivity contribution in [2.24, 2.45) is 0 Å². The number of halogens is 1. The summed E-state index contributed by atoms with van der Waals surface area (Å²) >= 11 is 2.50. The number of hydrogen-bond donors (Lipinski definition) is 1. The zero-order valence-electron chi connectivity index (χ0n) is 7.99. The Labute approximate surface area is 98.0 Å². The molecule has 76 valence electrons. The van der Waals surface area contributed by atoms with Crippen molar-refractivity contribution in [1.82, 2.24) is 10.3 Å². The van der Waals surface area contributed by atoms with Crippen LogP contribution in [0.4, 0.5) is 5.69 Å². The lowest BCUT2D eigenvalue weighted by atomic mass is 10.3. The maximum atomic E-state index is 4.15. The van der Waals surface area contributed by atoms with E-state index in [-0.39, 0.29) is 0 Å². The lowest BCUT2D eigenvalue weighted by molar-refractivity contribution is 0.739. The summed E-state index contributed by atoms with van der Waals surface area (Å²) in [6, 6.07) is 4.12. The van der Waals surface area contributed by atoms with E-state index in [4.69, 9.17) is 0 Å². The highest BCUT2D eigenvalue weighted by molar-refractivity contribution is 14.1. The van der Waals surface area contributed by atoms with Crippen LogP contribution in [-0.4, -0.2) is 35.1 Å². The number of nitrogens with zero attached hydrogens (tertiary/aromatic N) is 2. The third kappa shape index (κ3) is 2.57. The Morgan fingerprint density at radius 2 is 2.50 bits per heavy atom. The smallest absolute Gasteiger partial charge is 0.0553 e. The zero-order chi connectivity index (χ0) is 9.80. The number of nitrogens with one attached hydrogen (secondary N) is 1. The predicted octanol–water partition coefficient (Wildman–Crippen LogP) is 1.29. The predicted molar refractivity (Wildman–Crippen MR) is 67.1 cm³/mol. The SMILES string of the molecule is IC1CNCCN(c2cccnc2)C1. The topological polar surface area (TPSA) is 28.2 Å². The van der Waals surface area contributed by atoms with Gasteiger partial charge < -0.3 is 10.2 Å². The molecule has 0 aliphatic carbocycles. The van der Waals surface area contributed by atoms with Crippen molar-refractivity contribution in [3.05, 3.63) is 24.5 Å². The monoisotopic (exact) mass is 303 g/mol. The van der Waals surface area contributed by atoms with Gasteiger partial charge in [0.25, 0.3) is 0 Å². The second-order valence-corrected chi connectivity index (χ2v) is 5.22. The van der Waals surface area contributed by atoms with Gasteiger partial charge in [-0.2, -0.15) is 0 Å². The van der Waals surface area contributed by atoms with Gasteiger partial charge in [-0.05, 0) is 12.1 Å². The summed E-state index contributed by atoms with van der Waals surface area (Å²) in [5, 5.41) is 3.43. The third-order valence-electron chi connectivity index (χ3n) is 2.35. The molecular formula is C10H14IN3. The van der Waals surface area contributed by atoms with Crippen LogP contribution in [0.1, 0.15) is 0 Å². The molecule has 2 heterocycles. The minimum absolute atomic E-state index is 0.676. The van der Waals surface area contributed by atoms with E-state index < -0.39 is 0 Å². The van der Waals surface area contributed by atoms with E-state index in [1.807, 2.05) is 18.5 Å². The molecule has 0 saturated carbocycles. The van der Waals surface area contributed by atoms with E-state index in [0.717, 1.165) is 26.2 Å². The van der Waals surface area contributed by atoms with Gasteiger partial charge >= 0.3 is 0 Å². The first kappa shape index (κ1) is 10.2. The summed E-state index contributed by atoms with van der Waals surface area (Å²) in [6.45, 7) is 4.36. The normalized spacial score (nSPS) is 23.2. The molecule has 14 heavy (non-hydrogen) atoms. The summed E-state index contributed by atoms with van der Waals surface area (Å²) < 4.78 is 0.676. The molecule has 0 amide bonds. The van der Waals surface area contributed by atoms with Gasteiger partial charge in [-0.1, -0.05) is 22.6 Å². The van der Waals surface area contributed by atoms with E-state index in [1.165, 1.54) is 5.69 Å². The van der Waals surface area contributed by atoms with Crippen molar-refractivity contribution < 1.29 is 0 Å². The number of aromatic nitrogens is 1. The van der Waals surface area contributed by atoms with Crippen molar-refractivity contribution in [1.29, 1.82) is 0 Å². The van der Waals surface area contributed by atoms with Crippen molar-refractivity contribution in [3.8, 4) is 0 Å². The Balaban J connectivity index is 2.09. The molecule has 2 rings (SSSR count). The Hall–Kier alpha value is -0.360. The Bertz CT molecular complexity index is 278. The third-order valence-corrected chi connectivity index (χ3v) is 3.19. The molecule has 0 radical (unpaired) electrons. The highest BCUT2D eigenvalue weighted by Crippen LogP contribution is 2.15. The van der Waals surface area contributed by atoms with Crippen molar-refractivity contribution in [2.45, 2.75) is 3.92 Å². The van der Waals surface area contributed by atoms with Crippen molar-refractivity contribution in [3.63, 3.8) is 0 Å². The summed E-state index contributed by atoms with van der Waals surface area (Å²) in [6.07, 6.45) is 3.76. The molecule has 1 aliphatic heterocycles. The Kier molecular flexibility index (Phi) is 3.58. The first-order valence-electron chi connectivity index (χ1n) is 4.86. The van der Waals surface area contributed by atoms with Gasteiger partial charge in [0.2, 0.25) is 0 Å². The minimum atomic E-state index is 0.676. The van der Waals surface area contributed by atoms with Crippen LogP contribution in [0.15, 0.2) is 24.5 Å². The molecule has 1 aromatic heterocycles. The number of rotatable bonds is 1. The summed E-state index contributed by atoms with van der Waals surface area (Å²) in [4.78, 5) is 6.54. The van der Waals surface area contributed by atoms with E-state index in [0.29, 0.717) is 3.92 Å². The molecular weight excluding hydrogens is 289 g/mol. The molecule has 1 aliphatic rings.